The van der Waals surface area contributed by atoms with Crippen molar-refractivity contribution in [2.45, 2.75) is 13.8 Å². The number of aryl methyl sites for hydroxylation is 2. The minimum Gasteiger partial charge on any atom is -0.453 e. The first-order valence-electron chi connectivity index (χ1n) is 10.1. The maximum Gasteiger partial charge on any atom is 0.317 e. The molecule has 3 aromatic rings. The van der Waals surface area contributed by atoms with Crippen LogP contribution in [0.2, 0.25) is 0 Å². The molecular weight excluding hydrogens is 396 g/mol. The molecule has 3 aromatic heterocycles. The van der Waals surface area contributed by atoms with E-state index in [0.29, 0.717) is 32.0 Å². The number of anilines is 3. The zero-order chi connectivity index (χ0) is 21.6. The molecule has 1 N–H and O–H groups in total. The first kappa shape index (κ1) is 20.5. The van der Waals surface area contributed by atoms with Crippen molar-refractivity contribution in [3.63, 3.8) is 0 Å². The number of hydrogen-bond acceptors (Lipinski definition) is 9. The number of nitrogens with one attached hydrogen (secondary N) is 1. The topological polar surface area (TPSA) is 109 Å². The van der Waals surface area contributed by atoms with Crippen LogP contribution in [0.5, 0.6) is 6.01 Å². The van der Waals surface area contributed by atoms with Gasteiger partial charge in [0.05, 0.1) is 0 Å². The lowest BCUT2D eigenvalue weighted by atomic mass is 10.3. The summed E-state index contributed by atoms with van der Waals surface area (Å²) >= 11 is 0. The lowest BCUT2D eigenvalue weighted by Gasteiger charge is -2.35. The fourth-order valence-electron chi connectivity index (χ4n) is 3.19. The third kappa shape index (κ3) is 5.41. The Morgan fingerprint density at radius 1 is 1.00 bits per heavy atom. The molecule has 4 rings (SSSR count). The molecule has 1 aliphatic rings. The summed E-state index contributed by atoms with van der Waals surface area (Å²) in [6, 6.07) is 9.67. The van der Waals surface area contributed by atoms with Crippen molar-refractivity contribution in [2.24, 2.45) is 0 Å². The quantitative estimate of drug-likeness (QED) is 0.638. The zero-order valence-corrected chi connectivity index (χ0v) is 17.5. The van der Waals surface area contributed by atoms with Crippen molar-refractivity contribution in [3.05, 3.63) is 54.0 Å². The minimum atomic E-state index is -0.0824. The third-order valence-electron chi connectivity index (χ3n) is 4.88. The highest BCUT2D eigenvalue weighted by Crippen LogP contribution is 2.17. The molecule has 0 aromatic carbocycles. The van der Waals surface area contributed by atoms with Crippen LogP contribution >= 0.6 is 0 Å². The molecule has 31 heavy (non-hydrogen) atoms. The Bertz CT molecular complexity index is 1040. The molecule has 0 spiro atoms. The van der Waals surface area contributed by atoms with Gasteiger partial charge in [0.25, 0.3) is 5.91 Å². The van der Waals surface area contributed by atoms with E-state index in [1.165, 1.54) is 0 Å². The number of pyridine rings is 1. The molecule has 4 heterocycles. The molecule has 0 atom stereocenters. The van der Waals surface area contributed by atoms with Crippen molar-refractivity contribution in [1.82, 2.24) is 30.0 Å². The molecule has 1 aliphatic heterocycles. The first-order valence-corrected chi connectivity index (χ1v) is 10.1. The van der Waals surface area contributed by atoms with Gasteiger partial charge in [-0.1, -0.05) is 0 Å². The van der Waals surface area contributed by atoms with Gasteiger partial charge in [-0.3, -0.25) is 4.79 Å². The summed E-state index contributed by atoms with van der Waals surface area (Å²) in [5, 5.41) is 11.7. The number of rotatable bonds is 6. The average Bonchev–Trinajstić information content (AvgIpc) is 2.78. The Balaban J connectivity index is 1.26. The third-order valence-corrected chi connectivity index (χ3v) is 4.88. The fraction of sp³-hybridized carbons (Fsp3) is 0.333. The molecule has 0 aliphatic carbocycles. The molecule has 0 radical (unpaired) electrons. The van der Waals surface area contributed by atoms with E-state index in [9.17, 15) is 4.79 Å². The molecule has 0 unspecified atom stereocenters. The van der Waals surface area contributed by atoms with Crippen molar-refractivity contribution >= 4 is 23.4 Å². The number of ether oxygens (including phenoxy) is 1. The van der Waals surface area contributed by atoms with Crippen LogP contribution in [-0.4, -0.2) is 68.7 Å². The Morgan fingerprint density at radius 2 is 1.81 bits per heavy atom. The molecule has 0 saturated carbocycles. The van der Waals surface area contributed by atoms with E-state index in [-0.39, 0.29) is 18.5 Å². The smallest absolute Gasteiger partial charge is 0.317 e. The van der Waals surface area contributed by atoms with Crippen LogP contribution in [0.25, 0.3) is 0 Å². The van der Waals surface area contributed by atoms with Crippen molar-refractivity contribution in [3.8, 4) is 6.01 Å². The number of hydrogen-bond donors (Lipinski definition) is 1. The maximum absolute atomic E-state index is 12.4. The largest absolute Gasteiger partial charge is 0.453 e. The monoisotopic (exact) mass is 420 g/mol. The highest BCUT2D eigenvalue weighted by molar-refractivity contribution is 5.78. The molecule has 0 bridgehead atoms. The van der Waals surface area contributed by atoms with Gasteiger partial charge in [0.15, 0.2) is 18.2 Å². The first-order chi connectivity index (χ1) is 15.1. The van der Waals surface area contributed by atoms with Crippen LogP contribution in [0.15, 0.2) is 42.7 Å². The highest BCUT2D eigenvalue weighted by Gasteiger charge is 2.22. The van der Waals surface area contributed by atoms with E-state index in [1.807, 2.05) is 38.1 Å². The van der Waals surface area contributed by atoms with Crippen LogP contribution in [-0.2, 0) is 4.79 Å². The highest BCUT2D eigenvalue weighted by atomic mass is 16.5. The Morgan fingerprint density at radius 3 is 2.52 bits per heavy atom. The summed E-state index contributed by atoms with van der Waals surface area (Å²) in [5.74, 6) is 2.05. The van der Waals surface area contributed by atoms with E-state index in [0.717, 1.165) is 22.9 Å². The number of piperazine rings is 1. The van der Waals surface area contributed by atoms with E-state index in [1.54, 1.807) is 23.4 Å². The molecule has 1 fully saturated rings. The van der Waals surface area contributed by atoms with Crippen LogP contribution in [0.1, 0.15) is 11.3 Å². The van der Waals surface area contributed by atoms with Crippen LogP contribution < -0.4 is 15.0 Å². The van der Waals surface area contributed by atoms with Gasteiger partial charge < -0.3 is 19.9 Å². The SMILES string of the molecule is Cc1ccnc(Nc2ccc(N3CCN(C(=O)COc4nccc(C)n4)CC3)nn2)c1. The number of nitrogens with zero attached hydrogens (tertiary/aromatic N) is 7. The molecule has 160 valence electrons. The molecule has 1 amide bonds. The Kier molecular flexibility index (Phi) is 6.16. The fourth-order valence-corrected chi connectivity index (χ4v) is 3.19. The predicted octanol–water partition coefficient (Wildman–Crippen LogP) is 1.75. The summed E-state index contributed by atoms with van der Waals surface area (Å²) in [4.78, 5) is 28.7. The van der Waals surface area contributed by atoms with Crippen molar-refractivity contribution in [2.75, 3.05) is 43.0 Å². The van der Waals surface area contributed by atoms with Gasteiger partial charge in [-0.2, -0.15) is 0 Å². The standard InChI is InChI=1S/C21H24N8O2/c1-15-5-7-22-18(13-15)25-17-3-4-19(27-26-17)28-9-11-29(12-10-28)20(30)14-31-21-23-8-6-16(2)24-21/h3-8,13H,9-12,14H2,1-2H3,(H,22,25,26). The summed E-state index contributed by atoms with van der Waals surface area (Å²) in [6.45, 7) is 6.31. The Labute approximate surface area is 180 Å². The van der Waals surface area contributed by atoms with Crippen LogP contribution in [0.3, 0.4) is 0 Å². The van der Waals surface area contributed by atoms with Gasteiger partial charge in [0, 0.05) is 44.3 Å². The number of amides is 1. The lowest BCUT2D eigenvalue weighted by Crippen LogP contribution is -2.50. The average molecular weight is 420 g/mol. The summed E-state index contributed by atoms with van der Waals surface area (Å²) < 4.78 is 5.42. The van der Waals surface area contributed by atoms with Gasteiger partial charge in [0.2, 0.25) is 0 Å². The van der Waals surface area contributed by atoms with Gasteiger partial charge in [0.1, 0.15) is 5.82 Å². The van der Waals surface area contributed by atoms with Crippen molar-refractivity contribution < 1.29 is 9.53 Å². The predicted molar refractivity (Wildman–Crippen MR) is 115 cm³/mol. The van der Waals surface area contributed by atoms with Crippen molar-refractivity contribution in [1.29, 1.82) is 0 Å². The molecular formula is C21H24N8O2. The van der Waals surface area contributed by atoms with E-state index < -0.39 is 0 Å². The van der Waals surface area contributed by atoms with Crippen LogP contribution in [0, 0.1) is 13.8 Å². The second kappa shape index (κ2) is 9.33. The summed E-state index contributed by atoms with van der Waals surface area (Å²) in [6.07, 6.45) is 3.36. The summed E-state index contributed by atoms with van der Waals surface area (Å²) in [5.41, 5.74) is 1.91. The molecule has 1 saturated heterocycles. The maximum atomic E-state index is 12.4. The van der Waals surface area contributed by atoms with E-state index in [4.69, 9.17) is 4.74 Å². The van der Waals surface area contributed by atoms with E-state index in [2.05, 4.69) is 35.4 Å². The van der Waals surface area contributed by atoms with Gasteiger partial charge in [-0.05, 0) is 49.7 Å². The number of carbonyl (C=O) groups is 1. The van der Waals surface area contributed by atoms with Gasteiger partial charge in [-0.25, -0.2) is 15.0 Å². The van der Waals surface area contributed by atoms with Gasteiger partial charge >= 0.3 is 6.01 Å². The number of carbonyl (C=O) groups excluding carboxylic acids is 1. The number of aromatic nitrogens is 5. The zero-order valence-electron chi connectivity index (χ0n) is 17.5. The minimum absolute atomic E-state index is 0.0728. The van der Waals surface area contributed by atoms with Gasteiger partial charge in [-0.15, -0.1) is 10.2 Å². The van der Waals surface area contributed by atoms with E-state index >= 15 is 0 Å². The second-order valence-corrected chi connectivity index (χ2v) is 7.26. The normalized spacial score (nSPS) is 13.7. The van der Waals surface area contributed by atoms with Crippen LogP contribution in [0.4, 0.5) is 17.5 Å². The lowest BCUT2D eigenvalue weighted by molar-refractivity contribution is -0.133. The molecule has 10 nitrogen and oxygen atoms in total. The summed E-state index contributed by atoms with van der Waals surface area (Å²) in [7, 11) is 0. The Hall–Kier alpha value is -3.82. The molecule has 10 heteroatoms. The second-order valence-electron chi connectivity index (χ2n) is 7.26.